The van der Waals surface area contributed by atoms with Crippen LogP contribution in [-0.2, 0) is 11.9 Å². The molecule has 0 fully saturated rings. The summed E-state index contributed by atoms with van der Waals surface area (Å²) in [6.45, 7) is 0. The van der Waals surface area contributed by atoms with E-state index in [4.69, 9.17) is 5.11 Å². The van der Waals surface area contributed by atoms with Crippen molar-refractivity contribution in [2.75, 3.05) is 0 Å². The first-order chi connectivity index (χ1) is 9.86. The lowest BCUT2D eigenvalue weighted by molar-refractivity contribution is -0.137. The number of halogens is 3. The lowest BCUT2D eigenvalue weighted by Gasteiger charge is -2.10. The normalized spacial score (nSPS) is 11.4. The highest BCUT2D eigenvalue weighted by Crippen LogP contribution is 2.34. The summed E-state index contributed by atoms with van der Waals surface area (Å²) in [5.41, 5.74) is -0.352. The van der Waals surface area contributed by atoms with Crippen molar-refractivity contribution in [1.82, 2.24) is 0 Å². The summed E-state index contributed by atoms with van der Waals surface area (Å²) < 4.78 is 38.3. The van der Waals surface area contributed by atoms with Gasteiger partial charge < -0.3 is 5.11 Å². The molecule has 0 saturated heterocycles. The van der Waals surface area contributed by atoms with Crippen LogP contribution in [0.4, 0.5) is 13.2 Å². The second kappa shape index (κ2) is 6.22. The molecule has 2 rings (SSSR count). The first-order valence-electron chi connectivity index (χ1n) is 5.98. The fourth-order valence-electron chi connectivity index (χ4n) is 1.71. The van der Waals surface area contributed by atoms with Gasteiger partial charge in [0.15, 0.2) is 0 Å². The Morgan fingerprint density at radius 1 is 1.10 bits per heavy atom. The van der Waals surface area contributed by atoms with Gasteiger partial charge in [0.25, 0.3) is 0 Å². The molecule has 0 unspecified atom stereocenters. The van der Waals surface area contributed by atoms with E-state index in [9.17, 15) is 18.0 Å². The molecule has 0 aromatic heterocycles. The summed E-state index contributed by atoms with van der Waals surface area (Å²) in [7, 11) is 0. The molecule has 0 heterocycles. The zero-order valence-corrected chi connectivity index (χ0v) is 11.5. The highest BCUT2D eigenvalue weighted by molar-refractivity contribution is 7.98. The predicted molar refractivity (Wildman–Crippen MR) is 74.4 cm³/mol. The van der Waals surface area contributed by atoms with Crippen LogP contribution in [0.1, 0.15) is 21.5 Å². The zero-order valence-electron chi connectivity index (χ0n) is 10.7. The van der Waals surface area contributed by atoms with E-state index in [0.29, 0.717) is 11.8 Å². The van der Waals surface area contributed by atoms with E-state index in [1.807, 2.05) is 30.3 Å². The molecular weight excluding hydrogens is 301 g/mol. The number of carboxylic acid groups (broad SMARTS) is 1. The highest BCUT2D eigenvalue weighted by atomic mass is 32.2. The Morgan fingerprint density at radius 3 is 2.33 bits per heavy atom. The molecule has 110 valence electrons. The molecule has 0 spiro atoms. The minimum atomic E-state index is -4.56. The molecular formula is C15H11F3O2S. The second-order valence-corrected chi connectivity index (χ2v) is 5.37. The molecule has 0 aliphatic carbocycles. The molecule has 0 saturated carbocycles. The van der Waals surface area contributed by atoms with E-state index in [2.05, 4.69) is 0 Å². The van der Waals surface area contributed by atoms with Crippen LogP contribution < -0.4 is 0 Å². The summed E-state index contributed by atoms with van der Waals surface area (Å²) in [5.74, 6) is -0.899. The molecule has 0 amide bonds. The largest absolute Gasteiger partial charge is 0.478 e. The maximum Gasteiger partial charge on any atom is 0.416 e. The number of thioether (sulfide) groups is 1. The average molecular weight is 312 g/mol. The van der Waals surface area contributed by atoms with Crippen LogP contribution in [0.2, 0.25) is 0 Å². The van der Waals surface area contributed by atoms with Crippen LogP contribution in [0.3, 0.4) is 0 Å². The third-order valence-corrected chi connectivity index (χ3v) is 3.78. The smallest absolute Gasteiger partial charge is 0.416 e. The third kappa shape index (κ3) is 4.26. The molecule has 2 aromatic rings. The molecule has 0 radical (unpaired) electrons. The van der Waals surface area contributed by atoms with E-state index in [-0.39, 0.29) is 10.5 Å². The van der Waals surface area contributed by atoms with Crippen LogP contribution in [0, 0.1) is 0 Å². The second-order valence-electron chi connectivity index (χ2n) is 4.32. The van der Waals surface area contributed by atoms with Crippen molar-refractivity contribution in [3.8, 4) is 0 Å². The standard InChI is InChI=1S/C15H11F3O2S/c16-15(17,18)12-6-11(14(19)20)7-13(8-12)21-9-10-4-2-1-3-5-10/h1-8H,9H2,(H,19,20). The minimum absolute atomic E-state index is 0.283. The van der Waals surface area contributed by atoms with Gasteiger partial charge in [0, 0.05) is 10.6 Å². The first-order valence-corrected chi connectivity index (χ1v) is 6.97. The number of alkyl halides is 3. The molecule has 2 aromatic carbocycles. The highest BCUT2D eigenvalue weighted by Gasteiger charge is 2.31. The number of hydrogen-bond donors (Lipinski definition) is 1. The van der Waals surface area contributed by atoms with Gasteiger partial charge in [-0.15, -0.1) is 11.8 Å². The van der Waals surface area contributed by atoms with Crippen LogP contribution in [0.5, 0.6) is 0 Å². The first kappa shape index (κ1) is 15.4. The Morgan fingerprint density at radius 2 is 1.76 bits per heavy atom. The fraction of sp³-hybridized carbons (Fsp3) is 0.133. The van der Waals surface area contributed by atoms with Crippen LogP contribution in [0.15, 0.2) is 53.4 Å². The molecule has 0 bridgehead atoms. The quantitative estimate of drug-likeness (QED) is 0.832. The Kier molecular flexibility index (Phi) is 4.57. The predicted octanol–water partition coefficient (Wildman–Crippen LogP) is 4.70. The summed E-state index contributed by atoms with van der Waals surface area (Å²) in [5, 5.41) is 8.91. The number of rotatable bonds is 4. The van der Waals surface area contributed by atoms with Gasteiger partial charge in [-0.1, -0.05) is 30.3 Å². The molecule has 0 aliphatic rings. The Balaban J connectivity index is 2.26. The van der Waals surface area contributed by atoms with Crippen molar-refractivity contribution >= 4 is 17.7 Å². The van der Waals surface area contributed by atoms with E-state index in [1.54, 1.807) is 0 Å². The van der Waals surface area contributed by atoms with Crippen molar-refractivity contribution in [1.29, 1.82) is 0 Å². The van der Waals surface area contributed by atoms with Gasteiger partial charge in [-0.05, 0) is 23.8 Å². The van der Waals surface area contributed by atoms with Gasteiger partial charge in [-0.3, -0.25) is 0 Å². The van der Waals surface area contributed by atoms with Crippen LogP contribution in [0.25, 0.3) is 0 Å². The van der Waals surface area contributed by atoms with Gasteiger partial charge >= 0.3 is 12.1 Å². The Bertz CT molecular complexity index is 639. The maximum absolute atomic E-state index is 12.8. The van der Waals surface area contributed by atoms with Crippen LogP contribution in [-0.4, -0.2) is 11.1 Å². The topological polar surface area (TPSA) is 37.3 Å². The van der Waals surface area contributed by atoms with E-state index >= 15 is 0 Å². The molecule has 0 atom stereocenters. The number of hydrogen-bond acceptors (Lipinski definition) is 2. The van der Waals surface area contributed by atoms with E-state index < -0.39 is 17.7 Å². The monoisotopic (exact) mass is 312 g/mol. The molecule has 21 heavy (non-hydrogen) atoms. The van der Waals surface area contributed by atoms with Crippen LogP contribution >= 0.6 is 11.8 Å². The minimum Gasteiger partial charge on any atom is -0.478 e. The third-order valence-electron chi connectivity index (χ3n) is 2.73. The number of benzene rings is 2. The maximum atomic E-state index is 12.8. The Labute approximate surface area is 123 Å². The number of carboxylic acids is 1. The lowest BCUT2D eigenvalue weighted by atomic mass is 10.1. The summed E-state index contributed by atoms with van der Waals surface area (Å²) >= 11 is 1.17. The summed E-state index contributed by atoms with van der Waals surface area (Å²) in [4.78, 5) is 11.2. The van der Waals surface area contributed by atoms with E-state index in [0.717, 1.165) is 11.6 Å². The molecule has 6 heteroatoms. The van der Waals surface area contributed by atoms with Gasteiger partial charge in [-0.2, -0.15) is 13.2 Å². The SMILES string of the molecule is O=C(O)c1cc(SCc2ccccc2)cc(C(F)(F)F)c1. The molecule has 1 N–H and O–H groups in total. The van der Waals surface area contributed by atoms with Crippen molar-refractivity contribution < 1.29 is 23.1 Å². The summed E-state index contributed by atoms with van der Waals surface area (Å²) in [6.07, 6.45) is -4.56. The van der Waals surface area contributed by atoms with Gasteiger partial charge in [0.1, 0.15) is 0 Å². The van der Waals surface area contributed by atoms with E-state index in [1.165, 1.54) is 17.8 Å². The summed E-state index contributed by atoms with van der Waals surface area (Å²) in [6, 6.07) is 12.1. The zero-order chi connectivity index (χ0) is 15.5. The lowest BCUT2D eigenvalue weighted by Crippen LogP contribution is -2.08. The molecule has 0 aliphatic heterocycles. The Hall–Kier alpha value is -1.95. The van der Waals surface area contributed by atoms with Crippen molar-refractivity contribution in [3.63, 3.8) is 0 Å². The van der Waals surface area contributed by atoms with Crippen molar-refractivity contribution in [2.45, 2.75) is 16.8 Å². The van der Waals surface area contributed by atoms with Crippen molar-refractivity contribution in [3.05, 3.63) is 65.2 Å². The molecule has 2 nitrogen and oxygen atoms in total. The van der Waals surface area contributed by atoms with Gasteiger partial charge in [0.2, 0.25) is 0 Å². The van der Waals surface area contributed by atoms with Gasteiger partial charge in [0.05, 0.1) is 11.1 Å². The van der Waals surface area contributed by atoms with Gasteiger partial charge in [-0.25, -0.2) is 4.79 Å². The number of carbonyl (C=O) groups is 1. The average Bonchev–Trinajstić information content (AvgIpc) is 2.45. The fourth-order valence-corrected chi connectivity index (χ4v) is 2.66. The van der Waals surface area contributed by atoms with Crippen molar-refractivity contribution in [2.24, 2.45) is 0 Å². The number of aromatic carboxylic acids is 1.